The maximum absolute atomic E-state index is 13.5. The first kappa shape index (κ1) is 36.3. The van der Waals surface area contributed by atoms with Crippen molar-refractivity contribution >= 4 is 29.8 Å². The first-order chi connectivity index (χ1) is 23.7. The summed E-state index contributed by atoms with van der Waals surface area (Å²) in [6.45, 7) is 2.27. The van der Waals surface area contributed by atoms with Crippen molar-refractivity contribution in [1.82, 2.24) is 4.90 Å². The Morgan fingerprint density at radius 1 is 0.673 bits per heavy atom. The highest BCUT2D eigenvalue weighted by Crippen LogP contribution is 2.35. The highest BCUT2D eigenvalue weighted by Gasteiger charge is 2.56. The molecule has 49 heavy (non-hydrogen) atoms. The molecule has 0 aliphatic carbocycles. The van der Waals surface area contributed by atoms with Crippen molar-refractivity contribution in [3.8, 4) is 0 Å². The van der Waals surface area contributed by atoms with Gasteiger partial charge in [0.15, 0.2) is 24.0 Å². The minimum atomic E-state index is -1.68. The maximum atomic E-state index is 13.5. The maximum Gasteiger partial charge on any atom is 0.347 e. The van der Waals surface area contributed by atoms with Gasteiger partial charge in [-0.05, 0) is 50.2 Å². The quantitative estimate of drug-likeness (QED) is 0.0871. The van der Waals surface area contributed by atoms with Crippen LogP contribution in [0.5, 0.6) is 0 Å². The molecule has 1 fully saturated rings. The van der Waals surface area contributed by atoms with Gasteiger partial charge < -0.3 is 38.4 Å². The van der Waals surface area contributed by atoms with Crippen molar-refractivity contribution in [2.24, 2.45) is 0 Å². The van der Waals surface area contributed by atoms with Gasteiger partial charge in [0.1, 0.15) is 18.8 Å². The van der Waals surface area contributed by atoms with Crippen LogP contribution in [0.3, 0.4) is 0 Å². The third-order valence-electron chi connectivity index (χ3n) is 7.38. The molecule has 0 saturated carbocycles. The Bertz CT molecular complexity index is 1590. The van der Waals surface area contributed by atoms with Crippen molar-refractivity contribution in [2.45, 2.75) is 44.4 Å². The van der Waals surface area contributed by atoms with Gasteiger partial charge in [-0.25, -0.2) is 24.0 Å². The minimum absolute atomic E-state index is 0.0839. The van der Waals surface area contributed by atoms with Crippen LogP contribution in [0, 0.1) is 0 Å². The molecule has 1 heterocycles. The molecule has 3 aromatic carbocycles. The van der Waals surface area contributed by atoms with Crippen LogP contribution in [-0.4, -0.2) is 97.4 Å². The molecule has 13 nitrogen and oxygen atoms in total. The summed E-state index contributed by atoms with van der Waals surface area (Å²) >= 11 is 0. The highest BCUT2D eigenvalue weighted by molar-refractivity contribution is 6.14. The van der Waals surface area contributed by atoms with Gasteiger partial charge in [0.25, 0.3) is 0 Å². The fourth-order valence-electron chi connectivity index (χ4n) is 5.17. The topological polar surface area (TPSA) is 164 Å². The summed E-state index contributed by atoms with van der Waals surface area (Å²) in [6, 6.07) is 22.5. The van der Waals surface area contributed by atoms with E-state index in [1.54, 1.807) is 68.4 Å². The number of nitrogens with zero attached hydrogens (tertiary/aromatic N) is 1. The second-order valence-corrected chi connectivity index (χ2v) is 10.6. The Labute approximate surface area is 282 Å². The summed E-state index contributed by atoms with van der Waals surface area (Å²) in [5.41, 5.74) is -0.0816. The molecular weight excluding hydrogens is 638 g/mol. The molecule has 1 aliphatic rings. The van der Waals surface area contributed by atoms with Gasteiger partial charge in [-0.3, -0.25) is 0 Å². The summed E-state index contributed by atoms with van der Waals surface area (Å²) in [6.07, 6.45) is -5.00. The van der Waals surface area contributed by atoms with Crippen LogP contribution in [-0.2, 0) is 38.0 Å². The molecule has 5 atom stereocenters. The van der Waals surface area contributed by atoms with Crippen LogP contribution in [0.2, 0.25) is 0 Å². The van der Waals surface area contributed by atoms with Gasteiger partial charge in [0.2, 0.25) is 0 Å². The molecule has 1 saturated heterocycles. The van der Waals surface area contributed by atoms with E-state index in [1.165, 1.54) is 48.4 Å². The molecule has 1 N–H and O–H groups in total. The standard InChI is InChI=1S/C36H37NO12/c1-4-45-35(42)26(36(43)46-5-2)21-37-28(27(38)22-47-32(39)23-15-9-6-10-16-23)29(48-33(40)24-17-11-7-12-18-24)30(31(37)44-3)49-34(41)25-19-13-8-14-20-25/h6-21,27-31,38H,4-5,22H2,1-3H3/t27-,28+,29+,30-,31+/m1/s1. The van der Waals surface area contributed by atoms with Crippen LogP contribution < -0.4 is 0 Å². The van der Waals surface area contributed by atoms with E-state index in [4.69, 9.17) is 28.4 Å². The molecule has 0 unspecified atom stereocenters. The number of rotatable bonds is 14. The second kappa shape index (κ2) is 17.6. The van der Waals surface area contributed by atoms with Gasteiger partial charge in [0.05, 0.1) is 29.9 Å². The normalized spacial score (nSPS) is 18.8. The van der Waals surface area contributed by atoms with E-state index in [1.807, 2.05) is 0 Å². The van der Waals surface area contributed by atoms with Crippen LogP contribution in [0.4, 0.5) is 0 Å². The number of hydrogen-bond donors (Lipinski definition) is 1. The number of ether oxygens (including phenoxy) is 6. The zero-order valence-electron chi connectivity index (χ0n) is 27.1. The van der Waals surface area contributed by atoms with Crippen molar-refractivity contribution < 1.29 is 57.5 Å². The third-order valence-corrected chi connectivity index (χ3v) is 7.38. The lowest BCUT2D eigenvalue weighted by Crippen LogP contribution is -2.49. The number of hydrogen-bond acceptors (Lipinski definition) is 13. The molecule has 13 heteroatoms. The number of carbonyl (C=O) groups is 5. The molecule has 0 radical (unpaired) electrons. The summed E-state index contributed by atoms with van der Waals surface area (Å²) in [5, 5.41) is 11.7. The average molecular weight is 676 g/mol. The molecule has 4 rings (SSSR count). The smallest absolute Gasteiger partial charge is 0.347 e. The number of carbonyl (C=O) groups excluding carboxylic acids is 5. The predicted octanol–water partition coefficient (Wildman–Crippen LogP) is 3.32. The van der Waals surface area contributed by atoms with Crippen molar-refractivity contribution in [3.63, 3.8) is 0 Å². The van der Waals surface area contributed by atoms with Gasteiger partial charge in [0, 0.05) is 13.3 Å². The van der Waals surface area contributed by atoms with Crippen molar-refractivity contribution in [1.29, 1.82) is 0 Å². The first-order valence-electron chi connectivity index (χ1n) is 15.5. The molecule has 1 aliphatic heterocycles. The number of aliphatic hydroxyl groups excluding tert-OH is 1. The second-order valence-electron chi connectivity index (χ2n) is 10.6. The predicted molar refractivity (Wildman–Crippen MR) is 172 cm³/mol. The van der Waals surface area contributed by atoms with E-state index in [0.717, 1.165) is 6.20 Å². The lowest BCUT2D eigenvalue weighted by atomic mass is 10.0. The summed E-state index contributed by atoms with van der Waals surface area (Å²) < 4.78 is 33.2. The van der Waals surface area contributed by atoms with Crippen LogP contribution in [0.15, 0.2) is 103 Å². The van der Waals surface area contributed by atoms with Gasteiger partial charge in [-0.15, -0.1) is 0 Å². The fourth-order valence-corrected chi connectivity index (χ4v) is 5.17. The van der Waals surface area contributed by atoms with Gasteiger partial charge in [-0.1, -0.05) is 54.6 Å². The molecule has 0 spiro atoms. The van der Waals surface area contributed by atoms with Crippen LogP contribution in [0.25, 0.3) is 0 Å². The first-order valence-corrected chi connectivity index (χ1v) is 15.5. The lowest BCUT2D eigenvalue weighted by Gasteiger charge is -2.32. The molecule has 3 aromatic rings. The fraction of sp³-hybridized carbons (Fsp3) is 0.306. The Hall–Kier alpha value is -5.53. The minimum Gasteiger partial charge on any atom is -0.462 e. The Morgan fingerprint density at radius 2 is 1.10 bits per heavy atom. The lowest BCUT2D eigenvalue weighted by molar-refractivity contribution is -0.147. The number of methoxy groups -OCH3 is 1. The zero-order valence-corrected chi connectivity index (χ0v) is 27.1. The monoisotopic (exact) mass is 675 g/mol. The van der Waals surface area contributed by atoms with E-state index in [-0.39, 0.29) is 29.9 Å². The summed E-state index contributed by atoms with van der Waals surface area (Å²) in [4.78, 5) is 66.9. The van der Waals surface area contributed by atoms with E-state index in [9.17, 15) is 29.1 Å². The molecular formula is C36H37NO12. The SMILES string of the molecule is CCOC(=O)C(=CN1[C@@H]([C@H](O)COC(=O)c2ccccc2)[C@H](OC(=O)c2ccccc2)[C@@H](OC(=O)c2ccccc2)[C@@H]1OC)C(=O)OCC. The highest BCUT2D eigenvalue weighted by atomic mass is 16.6. The van der Waals surface area contributed by atoms with E-state index < -0.39 is 72.6 Å². The molecule has 0 amide bonds. The van der Waals surface area contributed by atoms with Gasteiger partial charge >= 0.3 is 29.8 Å². The van der Waals surface area contributed by atoms with E-state index in [0.29, 0.717) is 0 Å². The van der Waals surface area contributed by atoms with Crippen molar-refractivity contribution in [3.05, 3.63) is 119 Å². The van der Waals surface area contributed by atoms with Crippen LogP contribution >= 0.6 is 0 Å². The summed E-state index contributed by atoms with van der Waals surface area (Å²) in [5.74, 6) is -4.53. The largest absolute Gasteiger partial charge is 0.462 e. The van der Waals surface area contributed by atoms with Gasteiger partial charge in [-0.2, -0.15) is 0 Å². The Kier molecular flexibility index (Phi) is 13.0. The molecule has 0 aromatic heterocycles. The Morgan fingerprint density at radius 3 is 1.53 bits per heavy atom. The third kappa shape index (κ3) is 9.09. The number of aliphatic hydroxyl groups is 1. The van der Waals surface area contributed by atoms with Crippen molar-refractivity contribution in [2.75, 3.05) is 26.9 Å². The summed E-state index contributed by atoms with van der Waals surface area (Å²) in [7, 11) is 1.25. The molecule has 0 bridgehead atoms. The average Bonchev–Trinajstić information content (AvgIpc) is 3.41. The number of likely N-dealkylation sites (tertiary alicyclic amines) is 1. The van der Waals surface area contributed by atoms with Crippen LogP contribution in [0.1, 0.15) is 44.9 Å². The number of esters is 5. The number of benzene rings is 3. The zero-order chi connectivity index (χ0) is 35.3. The Balaban J connectivity index is 1.82. The van der Waals surface area contributed by atoms with E-state index >= 15 is 0 Å². The van der Waals surface area contributed by atoms with E-state index in [2.05, 4.69) is 0 Å². The molecule has 258 valence electrons.